The number of amides is 1. The zero-order valence-corrected chi connectivity index (χ0v) is 14.0. The summed E-state index contributed by atoms with van der Waals surface area (Å²) in [6.07, 6.45) is 0. The van der Waals surface area contributed by atoms with E-state index >= 15 is 0 Å². The van der Waals surface area contributed by atoms with E-state index in [1.165, 1.54) is 12.1 Å². The predicted octanol–water partition coefficient (Wildman–Crippen LogP) is 4.42. The summed E-state index contributed by atoms with van der Waals surface area (Å²) >= 11 is 2.00. The third kappa shape index (κ3) is 3.93. The lowest BCUT2D eigenvalue weighted by Gasteiger charge is -2.11. The molecule has 110 valence electrons. The summed E-state index contributed by atoms with van der Waals surface area (Å²) in [6.45, 7) is 4.75. The van der Waals surface area contributed by atoms with E-state index in [0.29, 0.717) is 14.8 Å². The maximum Gasteiger partial charge on any atom is 0.255 e. The van der Waals surface area contributed by atoms with Crippen molar-refractivity contribution >= 4 is 39.9 Å². The van der Waals surface area contributed by atoms with Crippen molar-refractivity contribution in [3.05, 3.63) is 56.9 Å². The van der Waals surface area contributed by atoms with Crippen LogP contribution in [0.15, 0.2) is 36.4 Å². The van der Waals surface area contributed by atoms with Crippen molar-refractivity contribution < 1.29 is 9.18 Å². The van der Waals surface area contributed by atoms with Crippen molar-refractivity contribution in [3.8, 4) is 0 Å². The minimum Gasteiger partial charge on any atom is -0.385 e. The molecule has 1 amide bonds. The first kappa shape index (κ1) is 15.8. The maximum absolute atomic E-state index is 13.1. The molecular formula is C16H16FIN2O. The van der Waals surface area contributed by atoms with Gasteiger partial charge >= 0.3 is 0 Å². The molecule has 2 aromatic carbocycles. The molecule has 0 aliphatic carbocycles. The lowest BCUT2D eigenvalue weighted by Crippen LogP contribution is -2.14. The first-order chi connectivity index (χ1) is 10.0. The van der Waals surface area contributed by atoms with Crippen LogP contribution in [0.5, 0.6) is 0 Å². The Morgan fingerprint density at radius 2 is 2.00 bits per heavy atom. The van der Waals surface area contributed by atoms with Gasteiger partial charge in [0.25, 0.3) is 5.91 Å². The van der Waals surface area contributed by atoms with Crippen LogP contribution in [0, 0.1) is 16.3 Å². The molecule has 0 bridgehead atoms. The van der Waals surface area contributed by atoms with Gasteiger partial charge in [0.15, 0.2) is 0 Å². The number of anilines is 2. The maximum atomic E-state index is 13.1. The average Bonchev–Trinajstić information content (AvgIpc) is 2.42. The third-order valence-corrected chi connectivity index (χ3v) is 3.92. The molecule has 5 heteroatoms. The van der Waals surface area contributed by atoms with Crippen molar-refractivity contribution in [2.45, 2.75) is 13.8 Å². The van der Waals surface area contributed by atoms with Crippen molar-refractivity contribution in [1.82, 2.24) is 0 Å². The molecule has 0 aliphatic heterocycles. The van der Waals surface area contributed by atoms with Gasteiger partial charge in [0.2, 0.25) is 0 Å². The number of aryl methyl sites for hydroxylation is 1. The Bertz CT molecular complexity index is 673. The number of benzene rings is 2. The summed E-state index contributed by atoms with van der Waals surface area (Å²) in [6, 6.07) is 9.89. The van der Waals surface area contributed by atoms with E-state index < -0.39 is 0 Å². The summed E-state index contributed by atoms with van der Waals surface area (Å²) in [4.78, 5) is 12.3. The quantitative estimate of drug-likeness (QED) is 0.749. The Hall–Kier alpha value is -1.63. The molecular weight excluding hydrogens is 382 g/mol. The van der Waals surface area contributed by atoms with Gasteiger partial charge in [-0.3, -0.25) is 4.79 Å². The molecule has 2 aromatic rings. The van der Waals surface area contributed by atoms with Gasteiger partial charge in [-0.25, -0.2) is 4.39 Å². The number of hydrogen-bond donors (Lipinski definition) is 2. The number of rotatable bonds is 4. The van der Waals surface area contributed by atoms with Crippen LogP contribution >= 0.6 is 22.6 Å². The van der Waals surface area contributed by atoms with Gasteiger partial charge in [-0.1, -0.05) is 0 Å². The molecule has 0 fully saturated rings. The molecule has 0 aromatic heterocycles. The van der Waals surface area contributed by atoms with E-state index in [1.54, 1.807) is 12.1 Å². The zero-order valence-electron chi connectivity index (χ0n) is 11.8. The predicted molar refractivity (Wildman–Crippen MR) is 92.4 cm³/mol. The number of halogens is 2. The molecule has 0 aliphatic rings. The second-order valence-corrected chi connectivity index (χ2v) is 5.80. The van der Waals surface area contributed by atoms with Crippen LogP contribution in [-0.2, 0) is 0 Å². The van der Waals surface area contributed by atoms with E-state index in [9.17, 15) is 9.18 Å². The van der Waals surface area contributed by atoms with Gasteiger partial charge in [0, 0.05) is 21.4 Å². The molecule has 3 nitrogen and oxygen atoms in total. The van der Waals surface area contributed by atoms with E-state index in [2.05, 4.69) is 10.6 Å². The largest absolute Gasteiger partial charge is 0.385 e. The Morgan fingerprint density at radius 3 is 2.62 bits per heavy atom. The van der Waals surface area contributed by atoms with Crippen LogP contribution in [0.2, 0.25) is 0 Å². The van der Waals surface area contributed by atoms with Crippen LogP contribution in [0.1, 0.15) is 22.8 Å². The molecule has 21 heavy (non-hydrogen) atoms. The fraction of sp³-hybridized carbons (Fsp3) is 0.188. The number of carbonyl (C=O) groups is 1. The van der Waals surface area contributed by atoms with Crippen LogP contribution < -0.4 is 10.6 Å². The molecule has 0 unspecified atom stereocenters. The SMILES string of the molecule is CCNc1ccc(C(=O)Nc2ccc(F)cc2I)c(C)c1. The van der Waals surface area contributed by atoms with Crippen molar-refractivity contribution in [2.24, 2.45) is 0 Å². The van der Waals surface area contributed by atoms with Gasteiger partial charge < -0.3 is 10.6 Å². The molecule has 0 spiro atoms. The second-order valence-electron chi connectivity index (χ2n) is 4.64. The first-order valence-corrected chi connectivity index (χ1v) is 7.70. The normalized spacial score (nSPS) is 10.3. The number of nitrogens with one attached hydrogen (secondary N) is 2. The minimum atomic E-state index is -0.316. The van der Waals surface area contributed by atoms with Crippen LogP contribution in [0.3, 0.4) is 0 Å². The highest BCUT2D eigenvalue weighted by molar-refractivity contribution is 14.1. The Balaban J connectivity index is 2.20. The summed E-state index contributed by atoms with van der Waals surface area (Å²) in [5, 5.41) is 6.02. The standard InChI is InChI=1S/C16H16FIN2O/c1-3-19-12-5-6-13(10(2)8-12)16(21)20-15-7-4-11(17)9-14(15)18/h4-9,19H,3H2,1-2H3,(H,20,21). The fourth-order valence-electron chi connectivity index (χ4n) is 2.01. The lowest BCUT2D eigenvalue weighted by atomic mass is 10.1. The minimum absolute atomic E-state index is 0.194. The van der Waals surface area contributed by atoms with Crippen molar-refractivity contribution in [2.75, 3.05) is 17.2 Å². The van der Waals surface area contributed by atoms with E-state index in [-0.39, 0.29) is 11.7 Å². The Morgan fingerprint density at radius 1 is 1.24 bits per heavy atom. The van der Waals surface area contributed by atoms with E-state index in [1.807, 2.05) is 48.6 Å². The highest BCUT2D eigenvalue weighted by Gasteiger charge is 2.11. The summed E-state index contributed by atoms with van der Waals surface area (Å²) in [7, 11) is 0. The number of carbonyl (C=O) groups excluding carboxylic acids is 1. The highest BCUT2D eigenvalue weighted by Crippen LogP contribution is 2.21. The summed E-state index contributed by atoms with van der Waals surface area (Å²) < 4.78 is 13.7. The summed E-state index contributed by atoms with van der Waals surface area (Å²) in [5.41, 5.74) is 3.10. The fourth-order valence-corrected chi connectivity index (χ4v) is 2.63. The topological polar surface area (TPSA) is 41.1 Å². The third-order valence-electron chi connectivity index (χ3n) is 3.03. The van der Waals surface area contributed by atoms with Crippen LogP contribution in [0.4, 0.5) is 15.8 Å². The lowest BCUT2D eigenvalue weighted by molar-refractivity contribution is 0.102. The van der Waals surface area contributed by atoms with Crippen molar-refractivity contribution in [3.63, 3.8) is 0 Å². The molecule has 2 rings (SSSR count). The molecule has 0 saturated heterocycles. The van der Waals surface area contributed by atoms with E-state index in [4.69, 9.17) is 0 Å². The van der Waals surface area contributed by atoms with Gasteiger partial charge in [0.05, 0.1) is 5.69 Å². The number of hydrogen-bond acceptors (Lipinski definition) is 2. The molecule has 0 heterocycles. The molecule has 0 radical (unpaired) electrons. The van der Waals surface area contributed by atoms with Gasteiger partial charge in [-0.2, -0.15) is 0 Å². The van der Waals surface area contributed by atoms with Gasteiger partial charge in [0.1, 0.15) is 5.82 Å². The molecule has 0 saturated carbocycles. The Kier molecular flexibility index (Phi) is 5.17. The molecule has 0 atom stereocenters. The highest BCUT2D eigenvalue weighted by atomic mass is 127. The van der Waals surface area contributed by atoms with E-state index in [0.717, 1.165) is 17.8 Å². The van der Waals surface area contributed by atoms with Crippen LogP contribution in [-0.4, -0.2) is 12.5 Å². The van der Waals surface area contributed by atoms with Crippen LogP contribution in [0.25, 0.3) is 0 Å². The zero-order chi connectivity index (χ0) is 15.4. The monoisotopic (exact) mass is 398 g/mol. The van der Waals surface area contributed by atoms with Gasteiger partial charge in [-0.05, 0) is 78.4 Å². The van der Waals surface area contributed by atoms with Crippen molar-refractivity contribution in [1.29, 1.82) is 0 Å². The molecule has 2 N–H and O–H groups in total. The Labute approximate surface area is 137 Å². The smallest absolute Gasteiger partial charge is 0.255 e. The second kappa shape index (κ2) is 6.89. The average molecular weight is 398 g/mol. The first-order valence-electron chi connectivity index (χ1n) is 6.62. The van der Waals surface area contributed by atoms with Gasteiger partial charge in [-0.15, -0.1) is 0 Å². The summed E-state index contributed by atoms with van der Waals surface area (Å²) in [5.74, 6) is -0.511.